The second kappa shape index (κ2) is 41.5. The van der Waals surface area contributed by atoms with Gasteiger partial charge in [-0.1, -0.05) is 214 Å². The van der Waals surface area contributed by atoms with E-state index in [1.807, 2.05) is 113 Å². The second-order valence-electron chi connectivity index (χ2n) is 28.8. The summed E-state index contributed by atoms with van der Waals surface area (Å²) in [5, 5.41) is 0. The van der Waals surface area contributed by atoms with Crippen LogP contribution in [0.1, 0.15) is 106 Å². The Labute approximate surface area is 709 Å². The van der Waals surface area contributed by atoms with Crippen molar-refractivity contribution in [2.24, 2.45) is 0 Å². The first-order valence-electron chi connectivity index (χ1n) is 37.9. The number of thiophene rings is 10. The van der Waals surface area contributed by atoms with Crippen molar-refractivity contribution in [3.8, 4) is 91.9 Å². The van der Waals surface area contributed by atoms with Crippen molar-refractivity contribution in [2.45, 2.75) is 138 Å². The number of hydrogen-bond acceptors (Lipinski definition) is 10. The zero-order chi connectivity index (χ0) is 80.1. The fourth-order valence-corrected chi connectivity index (χ4v) is 22.0. The van der Waals surface area contributed by atoms with E-state index in [-0.39, 0.29) is 0 Å². The molecule has 0 saturated carbocycles. The van der Waals surface area contributed by atoms with Crippen LogP contribution in [0.25, 0.3) is 91.9 Å². The Morgan fingerprint density at radius 3 is 0.705 bits per heavy atom. The average Bonchev–Trinajstić information content (AvgIpc) is 1.67. The number of benzene rings is 7. The SMILES string of the molecule is Cc1ccc(-c2cc(C)c(-c3cc(C)c(C)s3)s2)cc1.Cc1ccc(-c2ccc(-c3ccc(C)s3)s2)cc1.Cc1ccc(-c2ccc(C)cc2)cc1.Cc1ccc(-c2ccc(C)s2)cc1.Cc1ccc(-c2ccc(C)s2)s1.Cc1ccc(-c2sc(-c3sc(C)cc3C)cc2C)cc1.Cc1ccc(C)cc1.Cc1ccc(C)s1. The van der Waals surface area contributed by atoms with Gasteiger partial charge in [-0.25, -0.2) is 0 Å². The average molecular weight is 1650 g/mol. The molecule has 17 aromatic rings. The van der Waals surface area contributed by atoms with Crippen LogP contribution in [0.2, 0.25) is 0 Å². The molecular weight excluding hydrogens is 1550 g/mol. The fourth-order valence-electron chi connectivity index (χ4n) is 11.8. The van der Waals surface area contributed by atoms with E-state index < -0.39 is 0 Å². The first-order chi connectivity index (χ1) is 53.6. The van der Waals surface area contributed by atoms with Gasteiger partial charge in [-0.3, -0.25) is 0 Å². The van der Waals surface area contributed by atoms with Gasteiger partial charge in [0.25, 0.3) is 0 Å². The number of aryl methyl sites for hydroxylation is 20. The minimum atomic E-state index is 1.29. The monoisotopic (exact) mass is 1650 g/mol. The Morgan fingerprint density at radius 2 is 0.375 bits per heavy atom. The highest BCUT2D eigenvalue weighted by atomic mass is 32.1. The Hall–Kier alpha value is -8.46. The number of rotatable bonds is 9. The maximum atomic E-state index is 2.33. The van der Waals surface area contributed by atoms with E-state index in [0.29, 0.717) is 0 Å². The van der Waals surface area contributed by atoms with Crippen molar-refractivity contribution in [2.75, 3.05) is 0 Å². The predicted octanol–water partition coefficient (Wildman–Crippen LogP) is 35.3. The lowest BCUT2D eigenvalue weighted by molar-refractivity contribution is 1.40. The zero-order valence-electron chi connectivity index (χ0n) is 68.5. The van der Waals surface area contributed by atoms with Gasteiger partial charge >= 0.3 is 0 Å². The molecule has 10 aromatic heterocycles. The van der Waals surface area contributed by atoms with Gasteiger partial charge < -0.3 is 0 Å². The second-order valence-corrected chi connectivity index (χ2v) is 41.1. The van der Waals surface area contributed by atoms with E-state index in [4.69, 9.17) is 0 Å². The van der Waals surface area contributed by atoms with Crippen LogP contribution < -0.4 is 0 Å². The van der Waals surface area contributed by atoms with E-state index >= 15 is 0 Å². The molecule has 0 N–H and O–H groups in total. The van der Waals surface area contributed by atoms with Crippen LogP contribution in [0, 0.1) is 138 Å². The van der Waals surface area contributed by atoms with E-state index in [1.54, 1.807) is 0 Å². The Bertz CT molecular complexity index is 5550. The van der Waals surface area contributed by atoms with Crippen molar-refractivity contribution >= 4 is 113 Å². The summed E-state index contributed by atoms with van der Waals surface area (Å²) >= 11 is 18.8. The Kier molecular flexibility index (Phi) is 31.9. The molecule has 112 heavy (non-hydrogen) atoms. The quantitative estimate of drug-likeness (QED) is 0.135. The third kappa shape index (κ3) is 25.8. The molecule has 17 rings (SSSR count). The molecule has 0 radical (unpaired) electrons. The summed E-state index contributed by atoms with van der Waals surface area (Å²) in [5.41, 5.74) is 23.9. The van der Waals surface area contributed by atoms with Gasteiger partial charge in [-0.2, -0.15) is 0 Å². The molecule has 0 unspecified atom stereocenters. The van der Waals surface area contributed by atoms with Crippen LogP contribution in [-0.2, 0) is 0 Å². The highest BCUT2D eigenvalue weighted by molar-refractivity contribution is 7.25. The van der Waals surface area contributed by atoms with E-state index in [0.717, 1.165) is 0 Å². The molecule has 0 nitrogen and oxygen atoms in total. The molecule has 0 saturated heterocycles. The van der Waals surface area contributed by atoms with Gasteiger partial charge in [0, 0.05) is 97.5 Å². The van der Waals surface area contributed by atoms with Gasteiger partial charge in [0.05, 0.1) is 0 Å². The largest absolute Gasteiger partial charge is 0.146 e. The van der Waals surface area contributed by atoms with Crippen molar-refractivity contribution in [3.05, 3.63) is 373 Å². The minimum Gasteiger partial charge on any atom is -0.146 e. The van der Waals surface area contributed by atoms with Gasteiger partial charge in [0.2, 0.25) is 0 Å². The van der Waals surface area contributed by atoms with Crippen LogP contribution in [0.3, 0.4) is 0 Å². The van der Waals surface area contributed by atoms with Gasteiger partial charge in [0.15, 0.2) is 0 Å². The lowest BCUT2D eigenvalue weighted by Crippen LogP contribution is -1.78. The molecule has 0 fully saturated rings. The standard InChI is InChI=1S/2C18H18S2.C16H14S2.C14H14.C12H12S.C10H10S2.C8H10.C6H8S/c1-11-5-7-15(8-6-11)16-10-13(3)18(20-16)17-9-12(2)14(4)19-17;1-11-5-7-15(8-6-11)17-13(3)10-16(20-17)18-12(2)9-14(4)19-18;1-11-3-6-13(7-4-11)14-9-10-16(18-14)15-8-5-12(2)17-15;1-11-3-7-13(8-4-11)14-9-5-12(2)6-10-14;1-9-3-6-11(7-4-9)12-8-5-10(2)13-12;1-7-3-5-9(11-7)10-6-4-8(2)12-10;1-7-3-5-8(2)6-4-7;1-5-3-4-6(2)7-5/h2*5-10H,1-4H3;3-10H,1-2H3;3-10H,1-2H3;3-8H,1-2H3;3-6H,1-2H3;3-6H,1-2H3;3-4H,1-2H3. The van der Waals surface area contributed by atoms with Crippen LogP contribution in [0.15, 0.2) is 267 Å². The summed E-state index contributed by atoms with van der Waals surface area (Å²) in [4.78, 5) is 27.7. The molecule has 572 valence electrons. The Balaban J connectivity index is 0.000000139. The summed E-state index contributed by atoms with van der Waals surface area (Å²) in [6.07, 6.45) is 0. The third-order valence-electron chi connectivity index (χ3n) is 18.4. The van der Waals surface area contributed by atoms with Crippen molar-refractivity contribution < 1.29 is 0 Å². The summed E-state index contributed by atoms with van der Waals surface area (Å²) in [5.74, 6) is 0. The molecule has 0 bridgehead atoms. The van der Waals surface area contributed by atoms with E-state index in [1.165, 1.54) is 198 Å². The van der Waals surface area contributed by atoms with Gasteiger partial charge in [0.1, 0.15) is 0 Å². The van der Waals surface area contributed by atoms with Crippen molar-refractivity contribution in [1.82, 2.24) is 0 Å². The van der Waals surface area contributed by atoms with E-state index in [2.05, 4.69) is 405 Å². The maximum Gasteiger partial charge on any atom is 0.0478 e. The summed E-state index contributed by atoms with van der Waals surface area (Å²) in [6.45, 7) is 43.0. The minimum absolute atomic E-state index is 1.29. The Morgan fingerprint density at radius 1 is 0.134 bits per heavy atom. The summed E-state index contributed by atoms with van der Waals surface area (Å²) in [6, 6.07) is 96.3. The van der Waals surface area contributed by atoms with Crippen LogP contribution >= 0.6 is 113 Å². The molecule has 0 aliphatic carbocycles. The third-order valence-corrected chi connectivity index (χ3v) is 30.1. The molecule has 0 spiro atoms. The first kappa shape index (κ1) is 86.0. The lowest BCUT2D eigenvalue weighted by atomic mass is 10.0. The molecule has 0 aliphatic rings. The zero-order valence-corrected chi connectivity index (χ0v) is 76.7. The first-order valence-corrected chi connectivity index (χ1v) is 46.0. The predicted molar refractivity (Wildman–Crippen MR) is 514 cm³/mol. The van der Waals surface area contributed by atoms with Gasteiger partial charge in [-0.05, 0) is 291 Å². The molecule has 7 aromatic carbocycles. The van der Waals surface area contributed by atoms with Crippen molar-refractivity contribution in [1.29, 1.82) is 0 Å². The maximum absolute atomic E-state index is 2.33. The van der Waals surface area contributed by atoms with Crippen LogP contribution in [-0.4, -0.2) is 0 Å². The highest BCUT2D eigenvalue weighted by Gasteiger charge is 2.16. The molecule has 10 heterocycles. The van der Waals surface area contributed by atoms with Crippen LogP contribution in [0.4, 0.5) is 0 Å². The van der Waals surface area contributed by atoms with Gasteiger partial charge in [-0.15, -0.1) is 113 Å². The fraction of sp³-hybridized carbons (Fsp3) is 0.196. The topological polar surface area (TPSA) is 0 Å². The molecular formula is C102H104S10. The van der Waals surface area contributed by atoms with Crippen molar-refractivity contribution in [3.63, 3.8) is 0 Å². The summed E-state index contributed by atoms with van der Waals surface area (Å²) < 4.78 is 0. The molecule has 0 amide bonds. The lowest BCUT2D eigenvalue weighted by Gasteiger charge is -2.02. The molecule has 0 atom stereocenters. The normalized spacial score (nSPS) is 10.5. The molecule has 0 aliphatic heterocycles. The highest BCUT2D eigenvalue weighted by Crippen LogP contribution is 2.45. The van der Waals surface area contributed by atoms with E-state index in [9.17, 15) is 0 Å². The number of hydrogen-bond donors (Lipinski definition) is 0. The summed E-state index contributed by atoms with van der Waals surface area (Å²) in [7, 11) is 0. The van der Waals surface area contributed by atoms with Crippen LogP contribution in [0.5, 0.6) is 0 Å². The smallest absolute Gasteiger partial charge is 0.0478 e. The molecule has 10 heteroatoms.